The van der Waals surface area contributed by atoms with Crippen LogP contribution in [0.5, 0.6) is 5.75 Å². The van der Waals surface area contributed by atoms with Gasteiger partial charge in [-0.2, -0.15) is 0 Å². The van der Waals surface area contributed by atoms with E-state index >= 15 is 0 Å². The van der Waals surface area contributed by atoms with Gasteiger partial charge in [0.15, 0.2) is 6.10 Å². The number of nitrogens with zero attached hydrogens (tertiary/aromatic N) is 1. The second kappa shape index (κ2) is 8.34. The quantitative estimate of drug-likeness (QED) is 0.877. The maximum atomic E-state index is 12.2. The van der Waals surface area contributed by atoms with Crippen molar-refractivity contribution < 1.29 is 9.53 Å². The molecule has 1 aromatic rings. The maximum absolute atomic E-state index is 12.2. The van der Waals surface area contributed by atoms with E-state index in [0.29, 0.717) is 0 Å². The molecule has 4 nitrogen and oxygen atoms in total. The molecule has 0 saturated carbocycles. The van der Waals surface area contributed by atoms with Crippen molar-refractivity contribution in [1.29, 1.82) is 0 Å². The lowest BCUT2D eigenvalue weighted by atomic mass is 9.94. The van der Waals surface area contributed by atoms with Gasteiger partial charge in [-0.05, 0) is 83.3 Å². The van der Waals surface area contributed by atoms with Crippen molar-refractivity contribution in [2.75, 3.05) is 26.7 Å². The number of hydrogen-bond acceptors (Lipinski definition) is 3. The topological polar surface area (TPSA) is 41.6 Å². The summed E-state index contributed by atoms with van der Waals surface area (Å²) < 4.78 is 5.83. The molecular weight excluding hydrogens is 288 g/mol. The molecule has 0 aliphatic carbocycles. The molecule has 4 heteroatoms. The standard InChI is InChI=1S/C19H30N2O2/c1-14-6-5-7-18(15(14)2)23-16(3)19(22)20-11-8-17-9-12-21(4)13-10-17/h5-7,16-17H,8-13H2,1-4H3,(H,20,22). The molecule has 0 spiro atoms. The molecule has 1 unspecified atom stereocenters. The van der Waals surface area contributed by atoms with Crippen molar-refractivity contribution in [2.45, 2.75) is 46.1 Å². The van der Waals surface area contributed by atoms with Crippen LogP contribution in [-0.2, 0) is 4.79 Å². The highest BCUT2D eigenvalue weighted by molar-refractivity contribution is 5.80. The van der Waals surface area contributed by atoms with Crippen LogP contribution in [-0.4, -0.2) is 43.6 Å². The highest BCUT2D eigenvalue weighted by Crippen LogP contribution is 2.22. The minimum atomic E-state index is -0.465. The monoisotopic (exact) mass is 318 g/mol. The van der Waals surface area contributed by atoms with Crippen LogP contribution in [0.2, 0.25) is 0 Å². The molecule has 1 fully saturated rings. The van der Waals surface area contributed by atoms with E-state index in [1.807, 2.05) is 26.0 Å². The van der Waals surface area contributed by atoms with E-state index in [4.69, 9.17) is 4.74 Å². The number of likely N-dealkylation sites (tertiary alicyclic amines) is 1. The minimum absolute atomic E-state index is 0.0289. The maximum Gasteiger partial charge on any atom is 0.260 e. The SMILES string of the molecule is Cc1cccc(OC(C)C(=O)NCCC2CCN(C)CC2)c1C. The van der Waals surface area contributed by atoms with Gasteiger partial charge in [0.25, 0.3) is 5.91 Å². The van der Waals surface area contributed by atoms with E-state index in [1.165, 1.54) is 31.5 Å². The predicted octanol–water partition coefficient (Wildman–Crippen LogP) is 2.92. The number of carbonyl (C=O) groups is 1. The van der Waals surface area contributed by atoms with Gasteiger partial charge in [-0.15, -0.1) is 0 Å². The predicted molar refractivity (Wildman–Crippen MR) is 93.9 cm³/mol. The van der Waals surface area contributed by atoms with E-state index in [-0.39, 0.29) is 5.91 Å². The third-order valence-corrected chi connectivity index (χ3v) is 4.92. The largest absolute Gasteiger partial charge is 0.481 e. The number of carbonyl (C=O) groups excluding carboxylic acids is 1. The Labute approximate surface area is 140 Å². The van der Waals surface area contributed by atoms with Crippen LogP contribution in [0.1, 0.15) is 37.3 Å². The van der Waals surface area contributed by atoms with Gasteiger partial charge in [-0.3, -0.25) is 4.79 Å². The Morgan fingerprint density at radius 2 is 2.04 bits per heavy atom. The zero-order valence-electron chi connectivity index (χ0n) is 14.9. The molecule has 0 aromatic heterocycles. The molecule has 1 aliphatic heterocycles. The smallest absolute Gasteiger partial charge is 0.260 e. The van der Waals surface area contributed by atoms with Crippen LogP contribution in [0.25, 0.3) is 0 Å². The molecule has 2 rings (SSSR count). The fourth-order valence-corrected chi connectivity index (χ4v) is 2.99. The highest BCUT2D eigenvalue weighted by Gasteiger charge is 2.18. The number of aryl methyl sites for hydroxylation is 1. The van der Waals surface area contributed by atoms with Gasteiger partial charge < -0.3 is 15.0 Å². The Hall–Kier alpha value is -1.55. The van der Waals surface area contributed by atoms with Gasteiger partial charge in [-0.1, -0.05) is 12.1 Å². The first-order valence-corrected chi connectivity index (χ1v) is 8.66. The number of hydrogen-bond donors (Lipinski definition) is 1. The summed E-state index contributed by atoms with van der Waals surface area (Å²) in [7, 11) is 2.17. The molecule has 1 saturated heterocycles. The molecule has 1 heterocycles. The second-order valence-electron chi connectivity index (χ2n) is 6.78. The Morgan fingerprint density at radius 1 is 1.35 bits per heavy atom. The number of nitrogens with one attached hydrogen (secondary N) is 1. The first-order chi connectivity index (χ1) is 11.0. The first-order valence-electron chi connectivity index (χ1n) is 8.66. The average molecular weight is 318 g/mol. The molecular formula is C19H30N2O2. The molecule has 0 bridgehead atoms. The number of benzene rings is 1. The lowest BCUT2D eigenvalue weighted by molar-refractivity contribution is -0.127. The van der Waals surface area contributed by atoms with E-state index < -0.39 is 6.10 Å². The van der Waals surface area contributed by atoms with E-state index in [9.17, 15) is 4.79 Å². The number of amides is 1. The van der Waals surface area contributed by atoms with Crippen molar-refractivity contribution in [1.82, 2.24) is 10.2 Å². The normalized spacial score (nSPS) is 17.7. The van der Waals surface area contributed by atoms with Crippen molar-refractivity contribution >= 4 is 5.91 Å². The average Bonchev–Trinajstić information content (AvgIpc) is 2.53. The summed E-state index contributed by atoms with van der Waals surface area (Å²) in [5.74, 6) is 1.50. The van der Waals surface area contributed by atoms with Crippen molar-refractivity contribution in [3.8, 4) is 5.75 Å². The van der Waals surface area contributed by atoms with E-state index in [2.05, 4.69) is 30.3 Å². The van der Waals surface area contributed by atoms with Crippen molar-refractivity contribution in [2.24, 2.45) is 5.92 Å². The third-order valence-electron chi connectivity index (χ3n) is 4.92. The first kappa shape index (κ1) is 17.8. The molecule has 1 N–H and O–H groups in total. The van der Waals surface area contributed by atoms with Gasteiger partial charge in [-0.25, -0.2) is 0 Å². The molecule has 1 aromatic carbocycles. The summed E-state index contributed by atoms with van der Waals surface area (Å²) in [5, 5.41) is 3.02. The van der Waals surface area contributed by atoms with Crippen LogP contribution in [0.15, 0.2) is 18.2 Å². The summed E-state index contributed by atoms with van der Waals surface area (Å²) in [6, 6.07) is 5.93. The zero-order chi connectivity index (χ0) is 16.8. The highest BCUT2D eigenvalue weighted by atomic mass is 16.5. The summed E-state index contributed by atoms with van der Waals surface area (Å²) in [4.78, 5) is 14.6. The molecule has 1 amide bonds. The number of ether oxygens (including phenoxy) is 1. The van der Waals surface area contributed by atoms with Gasteiger partial charge in [0, 0.05) is 6.54 Å². The van der Waals surface area contributed by atoms with Crippen LogP contribution >= 0.6 is 0 Å². The minimum Gasteiger partial charge on any atom is -0.481 e. The molecule has 1 aliphatic rings. The Kier molecular flexibility index (Phi) is 6.46. The number of rotatable bonds is 6. The Morgan fingerprint density at radius 3 is 2.74 bits per heavy atom. The summed E-state index contributed by atoms with van der Waals surface area (Å²) in [5.41, 5.74) is 2.27. The fourth-order valence-electron chi connectivity index (χ4n) is 2.99. The van der Waals surface area contributed by atoms with Crippen LogP contribution < -0.4 is 10.1 Å². The van der Waals surface area contributed by atoms with Gasteiger partial charge in [0.1, 0.15) is 5.75 Å². The Bertz CT molecular complexity index is 522. The number of piperidine rings is 1. The lowest BCUT2D eigenvalue weighted by Crippen LogP contribution is -2.38. The molecule has 23 heavy (non-hydrogen) atoms. The summed E-state index contributed by atoms with van der Waals surface area (Å²) in [6.45, 7) is 8.97. The van der Waals surface area contributed by atoms with Crippen molar-refractivity contribution in [3.05, 3.63) is 29.3 Å². The fraction of sp³-hybridized carbons (Fsp3) is 0.632. The van der Waals surface area contributed by atoms with Gasteiger partial charge >= 0.3 is 0 Å². The van der Waals surface area contributed by atoms with Gasteiger partial charge in [0.05, 0.1) is 0 Å². The lowest BCUT2D eigenvalue weighted by Gasteiger charge is -2.29. The van der Waals surface area contributed by atoms with Crippen LogP contribution in [0, 0.1) is 19.8 Å². The second-order valence-corrected chi connectivity index (χ2v) is 6.78. The van der Waals surface area contributed by atoms with Crippen LogP contribution in [0.4, 0.5) is 0 Å². The van der Waals surface area contributed by atoms with Gasteiger partial charge in [0.2, 0.25) is 0 Å². The van der Waals surface area contributed by atoms with Crippen molar-refractivity contribution in [3.63, 3.8) is 0 Å². The van der Waals surface area contributed by atoms with Crippen LogP contribution in [0.3, 0.4) is 0 Å². The molecule has 1 atom stereocenters. The zero-order valence-corrected chi connectivity index (χ0v) is 14.9. The van der Waals surface area contributed by atoms with E-state index in [1.54, 1.807) is 0 Å². The summed E-state index contributed by atoms with van der Waals surface area (Å²) >= 11 is 0. The summed E-state index contributed by atoms with van der Waals surface area (Å²) in [6.07, 6.45) is 3.07. The molecule has 0 radical (unpaired) electrons. The Balaban J connectivity index is 1.73. The third kappa shape index (κ3) is 5.24. The molecule has 128 valence electrons. The van der Waals surface area contributed by atoms with E-state index in [0.717, 1.165) is 30.2 Å².